The smallest absolute Gasteiger partial charge is 0.240 e. The van der Waals surface area contributed by atoms with Crippen LogP contribution in [0.1, 0.15) is 37.7 Å². The largest absolute Gasteiger partial charge is 0.352 e. The van der Waals surface area contributed by atoms with Crippen molar-refractivity contribution in [3.63, 3.8) is 0 Å². The average molecular weight is 299 g/mol. The number of rotatable bonds is 5. The molecule has 22 heavy (non-hydrogen) atoms. The van der Waals surface area contributed by atoms with Crippen molar-refractivity contribution in [3.8, 4) is 0 Å². The summed E-state index contributed by atoms with van der Waals surface area (Å²) in [4.78, 5) is 12.3. The summed E-state index contributed by atoms with van der Waals surface area (Å²) >= 11 is 0. The van der Waals surface area contributed by atoms with Gasteiger partial charge in [0.05, 0.1) is 0 Å². The van der Waals surface area contributed by atoms with Gasteiger partial charge in [-0.1, -0.05) is 37.5 Å². The van der Waals surface area contributed by atoms with Crippen molar-refractivity contribution >= 4 is 16.8 Å². The van der Waals surface area contributed by atoms with Crippen molar-refractivity contribution in [2.24, 2.45) is 5.73 Å². The third kappa shape index (κ3) is 3.33. The molecule has 1 amide bonds. The number of carbonyl (C=O) groups excluding carboxylic acids is 1. The number of hydrogen-bond donors (Lipinski definition) is 2. The molecular weight excluding hydrogens is 274 g/mol. The van der Waals surface area contributed by atoms with Crippen LogP contribution in [0.4, 0.5) is 0 Å². The molecule has 1 aromatic carbocycles. The summed E-state index contributed by atoms with van der Waals surface area (Å²) in [6.45, 7) is 1.02. The normalized spacial score (nSPS) is 16.0. The Bertz CT molecular complexity index is 641. The van der Waals surface area contributed by atoms with Gasteiger partial charge in [0, 0.05) is 23.1 Å². The second kappa shape index (κ2) is 6.97. The molecule has 0 spiro atoms. The van der Waals surface area contributed by atoms with E-state index in [-0.39, 0.29) is 5.91 Å². The minimum atomic E-state index is 0.118. The minimum Gasteiger partial charge on any atom is -0.352 e. The first-order chi connectivity index (χ1) is 10.8. The summed E-state index contributed by atoms with van der Waals surface area (Å²) in [5, 5.41) is 4.40. The molecule has 118 valence electrons. The van der Waals surface area contributed by atoms with E-state index in [1.54, 1.807) is 0 Å². The number of nitrogens with one attached hydrogen (secondary N) is 1. The topological polar surface area (TPSA) is 60.0 Å². The van der Waals surface area contributed by atoms with Crippen LogP contribution < -0.4 is 11.1 Å². The van der Waals surface area contributed by atoms with E-state index in [1.165, 1.54) is 30.2 Å². The zero-order chi connectivity index (χ0) is 15.4. The van der Waals surface area contributed by atoms with E-state index >= 15 is 0 Å². The Labute approximate surface area is 131 Å². The molecule has 1 aliphatic carbocycles. The second-order valence-electron chi connectivity index (χ2n) is 6.24. The molecule has 2 aromatic rings. The number of fused-ring (bicyclic) bond motifs is 1. The predicted molar refractivity (Wildman–Crippen MR) is 89.7 cm³/mol. The Kier molecular flexibility index (Phi) is 4.78. The fourth-order valence-electron chi connectivity index (χ4n) is 3.48. The molecule has 3 rings (SSSR count). The van der Waals surface area contributed by atoms with Crippen molar-refractivity contribution in [1.29, 1.82) is 0 Å². The third-order valence-electron chi connectivity index (χ3n) is 4.57. The molecule has 0 aliphatic heterocycles. The van der Waals surface area contributed by atoms with Crippen LogP contribution in [0.3, 0.4) is 0 Å². The summed E-state index contributed by atoms with van der Waals surface area (Å²) in [5.41, 5.74) is 8.04. The molecule has 0 bridgehead atoms. The highest BCUT2D eigenvalue weighted by Crippen LogP contribution is 2.22. The van der Waals surface area contributed by atoms with E-state index in [0.717, 1.165) is 24.8 Å². The highest BCUT2D eigenvalue weighted by molar-refractivity contribution is 5.86. The van der Waals surface area contributed by atoms with Crippen molar-refractivity contribution in [1.82, 2.24) is 9.88 Å². The molecule has 1 aromatic heterocycles. The zero-order valence-corrected chi connectivity index (χ0v) is 13.1. The minimum absolute atomic E-state index is 0.118. The molecular formula is C18H25N3O. The Balaban J connectivity index is 1.73. The number of amides is 1. The quantitative estimate of drug-likeness (QED) is 0.891. The standard InChI is InChI=1S/C18H25N3O/c19-11-10-14-12-21(17-9-5-4-8-16(14)17)13-18(22)20-15-6-2-1-3-7-15/h4-5,8-9,12,15H,1-3,6-7,10-11,13,19H2,(H,20,22). The molecule has 3 N–H and O–H groups in total. The summed E-state index contributed by atoms with van der Waals surface area (Å²) in [6, 6.07) is 8.60. The number of para-hydroxylation sites is 1. The van der Waals surface area contributed by atoms with E-state index < -0.39 is 0 Å². The number of nitrogens with zero attached hydrogens (tertiary/aromatic N) is 1. The third-order valence-corrected chi connectivity index (χ3v) is 4.57. The fraction of sp³-hybridized carbons (Fsp3) is 0.500. The van der Waals surface area contributed by atoms with Gasteiger partial charge in [0.15, 0.2) is 0 Å². The van der Waals surface area contributed by atoms with Crippen LogP contribution in [0.15, 0.2) is 30.5 Å². The average Bonchev–Trinajstić information content (AvgIpc) is 2.87. The number of benzene rings is 1. The summed E-state index contributed by atoms with van der Waals surface area (Å²) in [5.74, 6) is 0.118. The molecule has 4 nitrogen and oxygen atoms in total. The van der Waals surface area contributed by atoms with Gasteiger partial charge in [-0.2, -0.15) is 0 Å². The van der Waals surface area contributed by atoms with Crippen LogP contribution in [0.25, 0.3) is 10.9 Å². The number of carbonyl (C=O) groups is 1. The summed E-state index contributed by atoms with van der Waals surface area (Å²) < 4.78 is 2.05. The Morgan fingerprint density at radius 2 is 2.00 bits per heavy atom. The lowest BCUT2D eigenvalue weighted by Gasteiger charge is -2.22. The molecule has 1 saturated carbocycles. The fourth-order valence-corrected chi connectivity index (χ4v) is 3.48. The van der Waals surface area contributed by atoms with Gasteiger partial charge in [-0.3, -0.25) is 4.79 Å². The van der Waals surface area contributed by atoms with Crippen molar-refractivity contribution < 1.29 is 4.79 Å². The van der Waals surface area contributed by atoms with Gasteiger partial charge < -0.3 is 15.6 Å². The van der Waals surface area contributed by atoms with Crippen LogP contribution in [0.2, 0.25) is 0 Å². The van der Waals surface area contributed by atoms with Crippen LogP contribution in [-0.4, -0.2) is 23.1 Å². The maximum Gasteiger partial charge on any atom is 0.240 e. The van der Waals surface area contributed by atoms with E-state index in [0.29, 0.717) is 19.1 Å². The first kappa shape index (κ1) is 15.1. The monoisotopic (exact) mass is 299 g/mol. The van der Waals surface area contributed by atoms with Gasteiger partial charge in [-0.05, 0) is 37.4 Å². The summed E-state index contributed by atoms with van der Waals surface area (Å²) in [7, 11) is 0. The Morgan fingerprint density at radius 1 is 1.23 bits per heavy atom. The summed E-state index contributed by atoms with van der Waals surface area (Å²) in [6.07, 6.45) is 8.94. The van der Waals surface area contributed by atoms with Crippen LogP contribution in [0.5, 0.6) is 0 Å². The van der Waals surface area contributed by atoms with Crippen molar-refractivity contribution in [2.45, 2.75) is 51.1 Å². The first-order valence-corrected chi connectivity index (χ1v) is 8.34. The maximum absolute atomic E-state index is 12.3. The lowest BCUT2D eigenvalue weighted by molar-refractivity contribution is -0.122. The molecule has 1 heterocycles. The van der Waals surface area contributed by atoms with Gasteiger partial charge in [0.1, 0.15) is 6.54 Å². The predicted octanol–water partition coefficient (Wildman–Crippen LogP) is 2.59. The molecule has 0 radical (unpaired) electrons. The maximum atomic E-state index is 12.3. The Morgan fingerprint density at radius 3 is 2.77 bits per heavy atom. The van der Waals surface area contributed by atoms with Gasteiger partial charge in [-0.15, -0.1) is 0 Å². The molecule has 0 unspecified atom stereocenters. The van der Waals surface area contributed by atoms with Gasteiger partial charge in [0.2, 0.25) is 5.91 Å². The SMILES string of the molecule is NCCc1cn(CC(=O)NC2CCCCC2)c2ccccc12. The first-order valence-electron chi connectivity index (χ1n) is 8.34. The lowest BCUT2D eigenvalue weighted by atomic mass is 9.95. The van der Waals surface area contributed by atoms with Crippen LogP contribution in [0, 0.1) is 0 Å². The highest BCUT2D eigenvalue weighted by Gasteiger charge is 2.16. The van der Waals surface area contributed by atoms with Crippen molar-refractivity contribution in [2.75, 3.05) is 6.54 Å². The molecule has 0 saturated heterocycles. The molecule has 4 heteroatoms. The van der Waals surface area contributed by atoms with Gasteiger partial charge >= 0.3 is 0 Å². The van der Waals surface area contributed by atoms with E-state index in [9.17, 15) is 4.79 Å². The van der Waals surface area contributed by atoms with Crippen LogP contribution in [-0.2, 0) is 17.8 Å². The molecule has 1 fully saturated rings. The van der Waals surface area contributed by atoms with E-state index in [1.807, 2.05) is 12.1 Å². The lowest BCUT2D eigenvalue weighted by Crippen LogP contribution is -2.38. The number of aromatic nitrogens is 1. The Hall–Kier alpha value is -1.81. The van der Waals surface area contributed by atoms with Gasteiger partial charge in [0.25, 0.3) is 0 Å². The highest BCUT2D eigenvalue weighted by atomic mass is 16.2. The number of nitrogens with two attached hydrogens (primary N) is 1. The van der Waals surface area contributed by atoms with Gasteiger partial charge in [-0.25, -0.2) is 0 Å². The second-order valence-corrected chi connectivity index (χ2v) is 6.24. The zero-order valence-electron chi connectivity index (χ0n) is 13.1. The molecule has 0 atom stereocenters. The van der Waals surface area contributed by atoms with E-state index in [2.05, 4.69) is 28.2 Å². The van der Waals surface area contributed by atoms with Crippen LogP contribution >= 0.6 is 0 Å². The van der Waals surface area contributed by atoms with E-state index in [4.69, 9.17) is 5.73 Å². The number of hydrogen-bond acceptors (Lipinski definition) is 2. The van der Waals surface area contributed by atoms with Crippen molar-refractivity contribution in [3.05, 3.63) is 36.0 Å². The molecule has 1 aliphatic rings.